The summed E-state index contributed by atoms with van der Waals surface area (Å²) in [6.45, 7) is 6.83. The molecule has 0 saturated carbocycles. The molecule has 0 atom stereocenters. The number of nitrogens with one attached hydrogen (secondary N) is 1. The minimum atomic E-state index is 0.591. The smallest absolute Gasteiger partial charge is 0.00948 e. The highest BCUT2D eigenvalue weighted by Gasteiger charge is 2.22. The van der Waals surface area contributed by atoms with Gasteiger partial charge in [-0.3, -0.25) is 0 Å². The molecule has 1 saturated heterocycles. The summed E-state index contributed by atoms with van der Waals surface area (Å²) in [4.78, 5) is 0. The van der Waals surface area contributed by atoms with Crippen LogP contribution in [0.25, 0.3) is 10.8 Å². The van der Waals surface area contributed by atoms with Gasteiger partial charge in [0.25, 0.3) is 0 Å². The van der Waals surface area contributed by atoms with Crippen molar-refractivity contribution < 1.29 is 0 Å². The average molecular weight is 225 g/mol. The van der Waals surface area contributed by atoms with Gasteiger partial charge in [-0.2, -0.15) is 0 Å². The van der Waals surface area contributed by atoms with Gasteiger partial charge in [0.05, 0.1) is 0 Å². The van der Waals surface area contributed by atoms with Gasteiger partial charge in [0.15, 0.2) is 0 Å². The summed E-state index contributed by atoms with van der Waals surface area (Å²) in [6.07, 6.45) is 0. The van der Waals surface area contributed by atoms with Crippen molar-refractivity contribution in [1.82, 2.24) is 5.32 Å². The normalized spacial score (nSPS) is 16.4. The molecular weight excluding hydrogens is 206 g/mol. The Hall–Kier alpha value is -1.34. The van der Waals surface area contributed by atoms with E-state index in [0.717, 1.165) is 13.1 Å². The molecule has 0 aliphatic carbocycles. The lowest BCUT2D eigenvalue weighted by atomic mass is 9.85. The minimum Gasteiger partial charge on any atom is -0.315 e. The second kappa shape index (κ2) is 4.15. The van der Waals surface area contributed by atoms with Crippen molar-refractivity contribution in [2.24, 2.45) is 0 Å². The largest absolute Gasteiger partial charge is 0.315 e. The number of fused-ring (bicyclic) bond motifs is 1. The number of benzene rings is 2. The maximum Gasteiger partial charge on any atom is 0.00948 e. The van der Waals surface area contributed by atoms with Crippen molar-refractivity contribution >= 4 is 10.8 Å². The molecule has 17 heavy (non-hydrogen) atoms. The van der Waals surface area contributed by atoms with E-state index in [-0.39, 0.29) is 0 Å². The van der Waals surface area contributed by atoms with Crippen LogP contribution in [0.4, 0.5) is 0 Å². The minimum absolute atomic E-state index is 0.591. The van der Waals surface area contributed by atoms with Crippen LogP contribution in [-0.2, 0) is 0 Å². The Morgan fingerprint density at radius 3 is 2.35 bits per heavy atom. The predicted molar refractivity (Wildman–Crippen MR) is 73.6 cm³/mol. The zero-order valence-corrected chi connectivity index (χ0v) is 10.5. The van der Waals surface area contributed by atoms with Crippen molar-refractivity contribution in [2.45, 2.75) is 25.7 Å². The highest BCUT2D eigenvalue weighted by molar-refractivity contribution is 5.90. The Morgan fingerprint density at radius 2 is 1.76 bits per heavy atom. The van der Waals surface area contributed by atoms with Gasteiger partial charge in [0, 0.05) is 19.0 Å². The van der Waals surface area contributed by atoms with Crippen molar-refractivity contribution in [3.8, 4) is 0 Å². The van der Waals surface area contributed by atoms with Crippen molar-refractivity contribution in [2.75, 3.05) is 13.1 Å². The maximum absolute atomic E-state index is 3.37. The Labute approximate surface area is 103 Å². The van der Waals surface area contributed by atoms with Crippen LogP contribution in [0.1, 0.15) is 36.8 Å². The van der Waals surface area contributed by atoms with E-state index < -0.39 is 0 Å². The fourth-order valence-corrected chi connectivity index (χ4v) is 2.73. The maximum atomic E-state index is 3.37. The van der Waals surface area contributed by atoms with Gasteiger partial charge in [-0.15, -0.1) is 0 Å². The lowest BCUT2D eigenvalue weighted by molar-refractivity contribution is 0.450. The molecule has 1 heteroatoms. The summed E-state index contributed by atoms with van der Waals surface area (Å²) in [6, 6.07) is 13.4. The zero-order chi connectivity index (χ0) is 11.8. The highest BCUT2D eigenvalue weighted by Crippen LogP contribution is 2.33. The van der Waals surface area contributed by atoms with Crippen molar-refractivity contribution in [1.29, 1.82) is 0 Å². The second-order valence-electron chi connectivity index (χ2n) is 5.30. The van der Waals surface area contributed by atoms with Crippen LogP contribution >= 0.6 is 0 Å². The Kier molecular flexibility index (Phi) is 2.64. The molecule has 1 aliphatic heterocycles. The zero-order valence-electron chi connectivity index (χ0n) is 10.5. The van der Waals surface area contributed by atoms with E-state index in [1.165, 1.54) is 21.9 Å². The average Bonchev–Trinajstić information content (AvgIpc) is 2.26. The first-order valence-electron chi connectivity index (χ1n) is 6.49. The summed E-state index contributed by atoms with van der Waals surface area (Å²) in [5.74, 6) is 1.30. The van der Waals surface area contributed by atoms with Gasteiger partial charge in [0.2, 0.25) is 0 Å². The summed E-state index contributed by atoms with van der Waals surface area (Å²) < 4.78 is 0. The summed E-state index contributed by atoms with van der Waals surface area (Å²) in [7, 11) is 0. The first kappa shape index (κ1) is 10.8. The van der Waals surface area contributed by atoms with E-state index in [1.54, 1.807) is 0 Å². The fourth-order valence-electron chi connectivity index (χ4n) is 2.73. The quantitative estimate of drug-likeness (QED) is 0.822. The molecule has 1 heterocycles. The topological polar surface area (TPSA) is 12.0 Å². The van der Waals surface area contributed by atoms with Crippen LogP contribution in [0.5, 0.6) is 0 Å². The van der Waals surface area contributed by atoms with Gasteiger partial charge in [-0.25, -0.2) is 0 Å². The van der Waals surface area contributed by atoms with E-state index in [0.29, 0.717) is 11.8 Å². The molecule has 3 rings (SSSR count). The first-order chi connectivity index (χ1) is 8.27. The third kappa shape index (κ3) is 1.75. The predicted octanol–water partition coefficient (Wildman–Crippen LogP) is 3.65. The van der Waals surface area contributed by atoms with Gasteiger partial charge < -0.3 is 5.32 Å². The SMILES string of the molecule is CC(C)c1cccc2cccc(C3CNC3)c12. The Morgan fingerprint density at radius 1 is 1.06 bits per heavy atom. The van der Waals surface area contributed by atoms with Crippen LogP contribution in [0.2, 0.25) is 0 Å². The molecule has 1 nitrogen and oxygen atoms in total. The fraction of sp³-hybridized carbons (Fsp3) is 0.375. The number of rotatable bonds is 2. The molecule has 2 aromatic rings. The second-order valence-corrected chi connectivity index (χ2v) is 5.30. The van der Waals surface area contributed by atoms with E-state index >= 15 is 0 Å². The van der Waals surface area contributed by atoms with Crippen LogP contribution in [0.15, 0.2) is 36.4 Å². The molecular formula is C16H19N. The molecule has 1 fully saturated rings. The molecule has 2 aromatic carbocycles. The van der Waals surface area contributed by atoms with Gasteiger partial charge in [0.1, 0.15) is 0 Å². The molecule has 0 bridgehead atoms. The monoisotopic (exact) mass is 225 g/mol. The Balaban J connectivity index is 2.26. The number of hydrogen-bond acceptors (Lipinski definition) is 1. The molecule has 0 amide bonds. The van der Waals surface area contributed by atoms with E-state index in [4.69, 9.17) is 0 Å². The lowest BCUT2D eigenvalue weighted by Crippen LogP contribution is -2.40. The molecule has 0 unspecified atom stereocenters. The van der Waals surface area contributed by atoms with Crippen LogP contribution < -0.4 is 5.32 Å². The van der Waals surface area contributed by atoms with E-state index in [9.17, 15) is 0 Å². The van der Waals surface area contributed by atoms with Crippen molar-refractivity contribution in [3.63, 3.8) is 0 Å². The third-order valence-corrected chi connectivity index (χ3v) is 3.81. The van der Waals surface area contributed by atoms with Gasteiger partial charge in [-0.1, -0.05) is 50.2 Å². The molecule has 0 aromatic heterocycles. The third-order valence-electron chi connectivity index (χ3n) is 3.81. The molecule has 1 aliphatic rings. The van der Waals surface area contributed by atoms with E-state index in [1.807, 2.05) is 0 Å². The number of hydrogen-bond donors (Lipinski definition) is 1. The molecule has 0 radical (unpaired) electrons. The first-order valence-corrected chi connectivity index (χ1v) is 6.49. The summed E-state index contributed by atoms with van der Waals surface area (Å²) in [5.41, 5.74) is 3.02. The molecule has 88 valence electrons. The van der Waals surface area contributed by atoms with Gasteiger partial charge in [-0.05, 0) is 27.8 Å². The van der Waals surface area contributed by atoms with Crippen LogP contribution in [0.3, 0.4) is 0 Å². The van der Waals surface area contributed by atoms with Gasteiger partial charge >= 0.3 is 0 Å². The lowest BCUT2D eigenvalue weighted by Gasteiger charge is -2.29. The van der Waals surface area contributed by atoms with Crippen molar-refractivity contribution in [3.05, 3.63) is 47.5 Å². The standard InChI is InChI=1S/C16H19N/c1-11(2)14-7-3-5-12-6-4-8-15(16(12)14)13-9-17-10-13/h3-8,11,13,17H,9-10H2,1-2H3. The Bertz CT molecular complexity index is 533. The van der Waals surface area contributed by atoms with E-state index in [2.05, 4.69) is 55.6 Å². The highest BCUT2D eigenvalue weighted by atomic mass is 14.9. The summed E-state index contributed by atoms with van der Waals surface area (Å²) >= 11 is 0. The van der Waals surface area contributed by atoms with Crippen LogP contribution in [0, 0.1) is 0 Å². The molecule has 0 spiro atoms. The summed E-state index contributed by atoms with van der Waals surface area (Å²) in [5, 5.41) is 6.26. The van der Waals surface area contributed by atoms with Crippen LogP contribution in [-0.4, -0.2) is 13.1 Å². The molecule has 1 N–H and O–H groups in total.